The summed E-state index contributed by atoms with van der Waals surface area (Å²) in [7, 11) is 3.37. The maximum Gasteiger partial charge on any atom is 0.186 e. The van der Waals surface area contributed by atoms with Crippen LogP contribution in [0, 0.1) is 34.5 Å². The molecule has 1 aromatic rings. The van der Waals surface area contributed by atoms with Crippen LogP contribution in [0.4, 0.5) is 0 Å². The van der Waals surface area contributed by atoms with Crippen LogP contribution < -0.4 is 9.47 Å². The molecule has 2 saturated heterocycles. The second-order valence-corrected chi connectivity index (χ2v) is 17.5. The number of benzene rings is 1. The third kappa shape index (κ3) is 6.66. The van der Waals surface area contributed by atoms with E-state index < -0.39 is 61.4 Å². The van der Waals surface area contributed by atoms with Gasteiger partial charge in [-0.25, -0.2) is 0 Å². The molecular formula is C41H62O12. The molecule has 12 nitrogen and oxygen atoms in total. The molecule has 0 amide bonds. The molecule has 0 spiro atoms. The lowest BCUT2D eigenvalue weighted by Gasteiger charge is -2.58. The first-order valence-corrected chi connectivity index (χ1v) is 19.7. The van der Waals surface area contributed by atoms with E-state index in [0.717, 1.165) is 62.0 Å². The fourth-order valence-corrected chi connectivity index (χ4v) is 11.9. The second-order valence-electron chi connectivity index (χ2n) is 17.5. The van der Waals surface area contributed by atoms with E-state index in [-0.39, 0.29) is 34.9 Å². The minimum absolute atomic E-state index is 0.00431. The largest absolute Gasteiger partial charge is 0.497 e. The summed E-state index contributed by atoms with van der Waals surface area (Å²) in [5, 5.41) is 63.1. The maximum atomic E-state index is 10.9. The highest BCUT2D eigenvalue weighted by molar-refractivity contribution is 5.44. The van der Waals surface area contributed by atoms with Crippen molar-refractivity contribution in [2.24, 2.45) is 34.5 Å². The Kier molecular flexibility index (Phi) is 11.1. The van der Waals surface area contributed by atoms with Crippen LogP contribution in [-0.2, 0) is 18.9 Å². The Balaban J connectivity index is 1.16. The lowest BCUT2D eigenvalue weighted by atomic mass is 9.47. The summed E-state index contributed by atoms with van der Waals surface area (Å²) >= 11 is 0. The molecular weight excluding hydrogens is 684 g/mol. The van der Waals surface area contributed by atoms with E-state index in [2.05, 4.69) is 32.9 Å². The van der Waals surface area contributed by atoms with Crippen molar-refractivity contribution < 1.29 is 59.1 Å². The summed E-state index contributed by atoms with van der Waals surface area (Å²) in [6, 6.07) is 5.97. The molecule has 12 heteroatoms. The first-order chi connectivity index (χ1) is 25.1. The first-order valence-electron chi connectivity index (χ1n) is 19.7. The zero-order valence-corrected chi connectivity index (χ0v) is 32.2. The smallest absolute Gasteiger partial charge is 0.186 e. The van der Waals surface area contributed by atoms with Gasteiger partial charge in [-0.15, -0.1) is 0 Å². The Hall–Kier alpha value is -1.84. The van der Waals surface area contributed by atoms with Crippen LogP contribution in [0.3, 0.4) is 0 Å². The van der Waals surface area contributed by atoms with Gasteiger partial charge < -0.3 is 59.1 Å². The predicted octanol–water partition coefficient (Wildman–Crippen LogP) is 3.42. The molecule has 0 bridgehead atoms. The quantitative estimate of drug-likeness (QED) is 0.214. The summed E-state index contributed by atoms with van der Waals surface area (Å²) in [6.07, 6.45) is -2.87. The van der Waals surface area contributed by atoms with E-state index in [1.165, 1.54) is 5.57 Å². The normalized spacial score (nSPS) is 48.9. The molecule has 2 heterocycles. The van der Waals surface area contributed by atoms with Crippen molar-refractivity contribution in [2.45, 2.75) is 159 Å². The molecule has 6 N–H and O–H groups in total. The zero-order valence-electron chi connectivity index (χ0n) is 32.2. The molecule has 298 valence electrons. The van der Waals surface area contributed by atoms with Gasteiger partial charge in [-0.05, 0) is 124 Å². The van der Waals surface area contributed by atoms with Gasteiger partial charge in [0, 0.05) is 5.56 Å². The Morgan fingerprint density at radius 1 is 0.792 bits per heavy atom. The number of allylic oxidation sites excluding steroid dienone is 1. The van der Waals surface area contributed by atoms with Crippen LogP contribution in [0.1, 0.15) is 91.0 Å². The molecule has 1 aromatic carbocycles. The van der Waals surface area contributed by atoms with Crippen LogP contribution in [0.5, 0.6) is 11.5 Å². The van der Waals surface area contributed by atoms with Crippen LogP contribution >= 0.6 is 0 Å². The highest BCUT2D eigenvalue weighted by atomic mass is 16.7. The summed E-state index contributed by atoms with van der Waals surface area (Å²) in [4.78, 5) is 0. The lowest BCUT2D eigenvalue weighted by molar-refractivity contribution is -0.309. The fraction of sp³-hybridized carbons (Fsp3) is 0.805. The van der Waals surface area contributed by atoms with Gasteiger partial charge in [-0.1, -0.05) is 25.5 Å². The van der Waals surface area contributed by atoms with Crippen molar-refractivity contribution in [3.63, 3.8) is 0 Å². The van der Waals surface area contributed by atoms with Gasteiger partial charge in [0.25, 0.3) is 0 Å². The van der Waals surface area contributed by atoms with Crippen molar-refractivity contribution in [1.82, 2.24) is 0 Å². The Morgan fingerprint density at radius 2 is 1.45 bits per heavy atom. The topological polar surface area (TPSA) is 177 Å². The molecule has 3 saturated carbocycles. The van der Waals surface area contributed by atoms with E-state index in [0.29, 0.717) is 17.8 Å². The van der Waals surface area contributed by atoms with Gasteiger partial charge >= 0.3 is 0 Å². The van der Waals surface area contributed by atoms with Crippen LogP contribution in [-0.4, -0.2) is 118 Å². The fourth-order valence-electron chi connectivity index (χ4n) is 11.9. The van der Waals surface area contributed by atoms with E-state index in [1.54, 1.807) is 28.1 Å². The molecule has 2 aliphatic heterocycles. The molecule has 7 rings (SSSR count). The molecule has 0 aromatic heterocycles. The van der Waals surface area contributed by atoms with Crippen LogP contribution in [0.2, 0.25) is 0 Å². The number of rotatable bonds is 8. The number of aliphatic hydroxyl groups excluding tert-OH is 6. The van der Waals surface area contributed by atoms with Gasteiger partial charge in [0.15, 0.2) is 12.6 Å². The third-order valence-corrected chi connectivity index (χ3v) is 14.8. The van der Waals surface area contributed by atoms with Gasteiger partial charge in [0.05, 0.1) is 38.6 Å². The molecule has 19 atom stereocenters. The van der Waals surface area contributed by atoms with Crippen LogP contribution in [0.25, 0.3) is 0 Å². The first kappa shape index (κ1) is 39.4. The number of ether oxygens (including phenoxy) is 6. The van der Waals surface area contributed by atoms with Crippen molar-refractivity contribution >= 4 is 0 Å². The minimum Gasteiger partial charge on any atom is -0.497 e. The van der Waals surface area contributed by atoms with Gasteiger partial charge in [-0.3, -0.25) is 0 Å². The number of aliphatic hydroxyl groups is 6. The summed E-state index contributed by atoms with van der Waals surface area (Å²) < 4.78 is 36.3. The van der Waals surface area contributed by atoms with Crippen molar-refractivity contribution in [3.05, 3.63) is 35.4 Å². The number of hydrogen-bond acceptors (Lipinski definition) is 12. The molecule has 5 fully saturated rings. The van der Waals surface area contributed by atoms with Crippen molar-refractivity contribution in [1.29, 1.82) is 0 Å². The maximum absolute atomic E-state index is 10.9. The standard InChI is InChI=1S/C41H62O12/c1-19(50-38-36(46)34(44)32(42)20(2)51-38)31-27(26-17-23(48-6)9-11-30(26)49-7)18-29-25-10-8-22-16-24(53-39-37(47)35(45)33(43)21(3)52-39)12-14-40(22,4)28(25)13-15-41(29,31)5/h8-9,11,17,19-21,24-25,27-29,31-39,42-47H,10,12-16,18H2,1-7H3/t19-,20-,21-,24-,25+,27-,28-,29-,31-,32+,33+,34+,35+,36-,37-,38-,39+,40-,41-/m0/s1. The van der Waals surface area contributed by atoms with Crippen LogP contribution in [0.15, 0.2) is 29.8 Å². The molecule has 4 aliphatic carbocycles. The van der Waals surface area contributed by atoms with E-state index >= 15 is 0 Å². The second kappa shape index (κ2) is 14.9. The minimum atomic E-state index is -1.39. The predicted molar refractivity (Wildman–Crippen MR) is 193 cm³/mol. The van der Waals surface area contributed by atoms with Gasteiger partial charge in [-0.2, -0.15) is 0 Å². The average Bonchev–Trinajstić information content (AvgIpc) is 3.47. The van der Waals surface area contributed by atoms with Gasteiger partial charge in [0.1, 0.15) is 48.1 Å². The summed E-state index contributed by atoms with van der Waals surface area (Å²) in [5.41, 5.74) is 2.34. The average molecular weight is 747 g/mol. The van der Waals surface area contributed by atoms with E-state index in [4.69, 9.17) is 28.4 Å². The molecule has 53 heavy (non-hydrogen) atoms. The SMILES string of the molecule is COc1ccc(OC)c([C@@H]2C[C@H]3[C@@H]4CC=C5C[C@@H](O[C@H]6O[C@@H](C)[C@@H](O)[C@@H](O)[C@@H]6O)CC[C@]5(C)[C@H]4CC[C@]3(C)[C@H]2[C@H](C)O[C@H]2O[C@@H](C)[C@@H](O)[C@@H](O)[C@@H]2O)c1. The molecule has 0 radical (unpaired) electrons. The highest BCUT2D eigenvalue weighted by Gasteiger charge is 2.63. The number of methoxy groups -OCH3 is 2. The monoisotopic (exact) mass is 746 g/mol. The Labute approximate surface area is 313 Å². The molecule has 0 unspecified atom stereocenters. The van der Waals surface area contributed by atoms with E-state index in [1.807, 2.05) is 12.1 Å². The summed E-state index contributed by atoms with van der Waals surface area (Å²) in [6.45, 7) is 10.2. The Bertz CT molecular complexity index is 1490. The number of fused-ring (bicyclic) bond motifs is 5. The highest BCUT2D eigenvalue weighted by Crippen LogP contribution is 2.70. The summed E-state index contributed by atoms with van der Waals surface area (Å²) in [5.74, 6) is 2.90. The lowest BCUT2D eigenvalue weighted by Crippen LogP contribution is -2.58. The molecule has 6 aliphatic rings. The zero-order chi connectivity index (χ0) is 38.1. The van der Waals surface area contributed by atoms with E-state index in [9.17, 15) is 30.6 Å². The number of hydrogen-bond donors (Lipinski definition) is 6. The third-order valence-electron chi connectivity index (χ3n) is 14.8. The van der Waals surface area contributed by atoms with Crippen molar-refractivity contribution in [2.75, 3.05) is 14.2 Å². The van der Waals surface area contributed by atoms with Gasteiger partial charge in [0.2, 0.25) is 0 Å². The van der Waals surface area contributed by atoms with Crippen molar-refractivity contribution in [3.8, 4) is 11.5 Å². The Morgan fingerprint density at radius 3 is 2.11 bits per heavy atom.